The summed E-state index contributed by atoms with van der Waals surface area (Å²) in [6, 6.07) is 5.05. The highest BCUT2D eigenvalue weighted by atomic mass is 32.1. The first kappa shape index (κ1) is 31.9. The van der Waals surface area contributed by atoms with Crippen molar-refractivity contribution >= 4 is 39.6 Å². The van der Waals surface area contributed by atoms with Crippen LogP contribution in [0.25, 0.3) is 0 Å². The molecular weight excluding hydrogens is 576 g/mol. The summed E-state index contributed by atoms with van der Waals surface area (Å²) >= 11 is 0.940. The Morgan fingerprint density at radius 3 is 2.39 bits per heavy atom. The summed E-state index contributed by atoms with van der Waals surface area (Å²) in [4.78, 5) is 23.7. The van der Waals surface area contributed by atoms with Gasteiger partial charge < -0.3 is 25.2 Å². The number of hydrogen-bond donors (Lipinski definition) is 2. The number of alkyl halides is 6. The van der Waals surface area contributed by atoms with Crippen LogP contribution in [0.2, 0.25) is 0 Å². The lowest BCUT2D eigenvalue weighted by atomic mass is 10.2. The maximum Gasteiger partial charge on any atom is 0.434 e. The van der Waals surface area contributed by atoms with Crippen LogP contribution in [0, 0.1) is 6.92 Å². The molecule has 0 saturated carbocycles. The second-order valence-electron chi connectivity index (χ2n) is 9.28. The van der Waals surface area contributed by atoms with Crippen LogP contribution in [-0.4, -0.2) is 72.2 Å². The van der Waals surface area contributed by atoms with Gasteiger partial charge in [-0.2, -0.15) is 30.7 Å². The zero-order valence-corrected chi connectivity index (χ0v) is 23.5. The highest BCUT2D eigenvalue weighted by molar-refractivity contribution is 7.10. The topological polar surface area (TPSA) is 95.5 Å². The van der Waals surface area contributed by atoms with E-state index in [0.717, 1.165) is 23.4 Å². The molecule has 3 rings (SSSR count). The summed E-state index contributed by atoms with van der Waals surface area (Å²) in [6.07, 6.45) is -7.73. The molecule has 2 aromatic heterocycles. The molecule has 0 fully saturated rings. The Labute approximate surface area is 236 Å². The number of halogens is 6. The lowest BCUT2D eigenvalue weighted by Gasteiger charge is -2.20. The quantitative estimate of drug-likeness (QED) is 0.193. The van der Waals surface area contributed by atoms with Gasteiger partial charge in [-0.05, 0) is 44.1 Å². The number of nitrogens with zero attached hydrogens (tertiary/aromatic N) is 5. The van der Waals surface area contributed by atoms with Crippen molar-refractivity contribution in [2.75, 3.05) is 56.4 Å². The maximum absolute atomic E-state index is 13.2. The zero-order chi connectivity index (χ0) is 30.4. The second kappa shape index (κ2) is 13.3. The van der Waals surface area contributed by atoms with Crippen molar-refractivity contribution in [1.82, 2.24) is 19.2 Å². The predicted molar refractivity (Wildman–Crippen MR) is 144 cm³/mol. The van der Waals surface area contributed by atoms with Gasteiger partial charge in [0.25, 0.3) is 5.91 Å². The molecular formula is C25H29F6N7O2S. The minimum atomic E-state index is -4.63. The Hall–Kier alpha value is -3.66. The molecule has 9 nitrogen and oxygen atoms in total. The summed E-state index contributed by atoms with van der Waals surface area (Å²) in [6.45, 7) is 2.16. The average Bonchev–Trinajstić information content (AvgIpc) is 3.24. The van der Waals surface area contributed by atoms with Crippen molar-refractivity contribution in [3.63, 3.8) is 0 Å². The fourth-order valence-corrected chi connectivity index (χ4v) is 4.40. The molecule has 0 unspecified atom stereocenters. The van der Waals surface area contributed by atoms with Crippen LogP contribution >= 0.6 is 11.5 Å². The third kappa shape index (κ3) is 9.45. The van der Waals surface area contributed by atoms with Gasteiger partial charge in [0.15, 0.2) is 5.69 Å². The zero-order valence-electron chi connectivity index (χ0n) is 22.7. The van der Waals surface area contributed by atoms with E-state index in [2.05, 4.69) is 25.0 Å². The van der Waals surface area contributed by atoms with E-state index in [-0.39, 0.29) is 29.5 Å². The van der Waals surface area contributed by atoms with Gasteiger partial charge in [-0.25, -0.2) is 9.97 Å². The predicted octanol–water partition coefficient (Wildman–Crippen LogP) is 5.98. The van der Waals surface area contributed by atoms with Crippen molar-refractivity contribution < 1.29 is 35.9 Å². The van der Waals surface area contributed by atoms with Gasteiger partial charge in [-0.1, -0.05) is 0 Å². The Balaban J connectivity index is 1.67. The number of amides is 1. The lowest BCUT2D eigenvalue weighted by molar-refractivity contribution is -0.141. The molecule has 1 amide bonds. The largest absolute Gasteiger partial charge is 0.491 e. The normalized spacial score (nSPS) is 12.0. The highest BCUT2D eigenvalue weighted by Gasteiger charge is 2.33. The van der Waals surface area contributed by atoms with Crippen LogP contribution in [0.15, 0.2) is 30.6 Å². The molecule has 0 aliphatic rings. The SMILES string of the molecule is Cc1nsc(Nc2cnc(C(F)(F)F)cn2)c1C(=O)Nc1ccc(N(C)C)c(OCCCN(C)CCC(F)(F)F)c1. The Morgan fingerprint density at radius 2 is 1.78 bits per heavy atom. The van der Waals surface area contributed by atoms with Crippen LogP contribution in [0.5, 0.6) is 5.75 Å². The smallest absolute Gasteiger partial charge is 0.434 e. The molecule has 2 heterocycles. The number of anilines is 4. The maximum atomic E-state index is 13.2. The van der Waals surface area contributed by atoms with E-state index in [9.17, 15) is 31.1 Å². The third-order valence-corrected chi connectivity index (χ3v) is 6.55. The van der Waals surface area contributed by atoms with Crippen molar-refractivity contribution in [3.8, 4) is 5.75 Å². The van der Waals surface area contributed by atoms with E-state index < -0.39 is 30.4 Å². The Kier molecular flexibility index (Phi) is 10.4. The third-order valence-electron chi connectivity index (χ3n) is 5.69. The van der Waals surface area contributed by atoms with E-state index in [1.165, 1.54) is 0 Å². The lowest BCUT2D eigenvalue weighted by Crippen LogP contribution is -2.26. The first-order chi connectivity index (χ1) is 19.1. The molecule has 3 aromatic rings. The number of carbonyl (C=O) groups is 1. The van der Waals surface area contributed by atoms with E-state index in [0.29, 0.717) is 36.3 Å². The number of rotatable bonds is 12. The molecule has 224 valence electrons. The summed E-state index contributed by atoms with van der Waals surface area (Å²) in [5.41, 5.74) is 0.562. The van der Waals surface area contributed by atoms with Crippen molar-refractivity contribution in [3.05, 3.63) is 47.5 Å². The first-order valence-corrected chi connectivity index (χ1v) is 13.0. The van der Waals surface area contributed by atoms with Crippen LogP contribution in [0.3, 0.4) is 0 Å². The molecule has 0 atom stereocenters. The summed E-state index contributed by atoms with van der Waals surface area (Å²) in [5.74, 6) is -0.0523. The number of benzene rings is 1. The molecule has 1 aromatic carbocycles. The standard InChI is InChI=1S/C25H29F6N7O2S/c1-15-21(23(41-36-15)35-20-14-32-19(13-33-20)25(29,30)31)22(39)34-16-6-7-17(37(2)3)18(12-16)40-11-5-9-38(4)10-8-24(26,27)28/h6-7,12-14H,5,8-11H2,1-4H3,(H,33,35)(H,34,39). The molecule has 0 spiro atoms. The molecule has 0 aliphatic carbocycles. The van der Waals surface area contributed by atoms with E-state index in [1.807, 2.05) is 19.0 Å². The molecule has 16 heteroatoms. The minimum absolute atomic E-state index is 0.00535. The highest BCUT2D eigenvalue weighted by Crippen LogP contribution is 2.33. The van der Waals surface area contributed by atoms with E-state index >= 15 is 0 Å². The van der Waals surface area contributed by atoms with Crippen LogP contribution in [-0.2, 0) is 6.18 Å². The van der Waals surface area contributed by atoms with Gasteiger partial charge in [0, 0.05) is 38.9 Å². The van der Waals surface area contributed by atoms with E-state index in [4.69, 9.17) is 4.74 Å². The van der Waals surface area contributed by atoms with Gasteiger partial charge in [-0.3, -0.25) is 4.79 Å². The van der Waals surface area contributed by atoms with Crippen LogP contribution in [0.4, 0.5) is 48.5 Å². The van der Waals surface area contributed by atoms with Gasteiger partial charge in [-0.15, -0.1) is 0 Å². The van der Waals surface area contributed by atoms with Crippen molar-refractivity contribution in [1.29, 1.82) is 0 Å². The number of aromatic nitrogens is 3. The number of nitrogens with one attached hydrogen (secondary N) is 2. The van der Waals surface area contributed by atoms with E-state index in [1.54, 1.807) is 37.1 Å². The van der Waals surface area contributed by atoms with Crippen molar-refractivity contribution in [2.45, 2.75) is 32.1 Å². The monoisotopic (exact) mass is 605 g/mol. The minimum Gasteiger partial charge on any atom is -0.491 e. The van der Waals surface area contributed by atoms with Gasteiger partial charge >= 0.3 is 12.4 Å². The molecule has 0 saturated heterocycles. The van der Waals surface area contributed by atoms with Crippen molar-refractivity contribution in [2.24, 2.45) is 0 Å². The molecule has 0 radical (unpaired) electrons. The van der Waals surface area contributed by atoms with Gasteiger partial charge in [0.1, 0.15) is 16.6 Å². The number of aryl methyl sites for hydroxylation is 1. The second-order valence-corrected chi connectivity index (χ2v) is 10.1. The van der Waals surface area contributed by atoms with Crippen LogP contribution in [0.1, 0.15) is 34.6 Å². The fourth-order valence-electron chi connectivity index (χ4n) is 3.59. The van der Waals surface area contributed by atoms with Gasteiger partial charge in [0.2, 0.25) is 0 Å². The molecule has 41 heavy (non-hydrogen) atoms. The molecule has 2 N–H and O–H groups in total. The summed E-state index contributed by atoms with van der Waals surface area (Å²) in [5, 5.41) is 5.84. The average molecular weight is 606 g/mol. The first-order valence-electron chi connectivity index (χ1n) is 12.3. The Morgan fingerprint density at radius 1 is 1.05 bits per heavy atom. The van der Waals surface area contributed by atoms with Crippen LogP contribution < -0.4 is 20.3 Å². The number of carbonyl (C=O) groups excluding carboxylic acids is 1. The summed E-state index contributed by atoms with van der Waals surface area (Å²) in [7, 11) is 5.24. The Bertz CT molecular complexity index is 1310. The number of hydrogen-bond acceptors (Lipinski definition) is 9. The number of ether oxygens (including phenoxy) is 1. The molecule has 0 bridgehead atoms. The fraction of sp³-hybridized carbons (Fsp3) is 0.440. The summed E-state index contributed by atoms with van der Waals surface area (Å²) < 4.78 is 85.7. The molecule has 0 aliphatic heterocycles. The van der Waals surface area contributed by atoms with Gasteiger partial charge in [0.05, 0.1) is 42.4 Å².